The number of benzene rings is 1. The molecule has 0 aliphatic carbocycles. The summed E-state index contributed by atoms with van der Waals surface area (Å²) in [6.07, 6.45) is 0. The van der Waals surface area contributed by atoms with Crippen molar-refractivity contribution in [1.82, 2.24) is 25.1 Å². The molecule has 1 aromatic carbocycles. The lowest BCUT2D eigenvalue weighted by molar-refractivity contribution is 0.904. The van der Waals surface area contributed by atoms with Gasteiger partial charge in [0.15, 0.2) is 0 Å². The molecule has 0 spiro atoms. The maximum absolute atomic E-state index is 12.0. The van der Waals surface area contributed by atoms with Crippen molar-refractivity contribution in [2.45, 2.75) is 17.3 Å². The Balaban J connectivity index is 1.95. The number of aromatic nitrogens is 5. The third kappa shape index (κ3) is 2.37. The average molecular weight is 288 g/mol. The van der Waals surface area contributed by atoms with Gasteiger partial charge >= 0.3 is 0 Å². The van der Waals surface area contributed by atoms with E-state index in [9.17, 15) is 4.79 Å². The molecule has 0 saturated heterocycles. The first-order valence-electron chi connectivity index (χ1n) is 5.97. The molecular weight excluding hydrogens is 276 g/mol. The highest BCUT2D eigenvalue weighted by Gasteiger charge is 2.14. The van der Waals surface area contributed by atoms with Gasteiger partial charge < -0.3 is 10.7 Å². The predicted octanol–water partition coefficient (Wildman–Crippen LogP) is 1.48. The molecule has 7 nitrogen and oxygen atoms in total. The third-order valence-corrected chi connectivity index (χ3v) is 3.75. The van der Waals surface area contributed by atoms with E-state index in [4.69, 9.17) is 5.73 Å². The molecular formula is C12H12N6OS. The zero-order chi connectivity index (χ0) is 14.1. The van der Waals surface area contributed by atoms with Crippen molar-refractivity contribution in [2.24, 2.45) is 0 Å². The van der Waals surface area contributed by atoms with E-state index < -0.39 is 0 Å². The van der Waals surface area contributed by atoms with E-state index in [1.165, 1.54) is 11.8 Å². The second kappa shape index (κ2) is 4.97. The van der Waals surface area contributed by atoms with Crippen molar-refractivity contribution in [2.75, 3.05) is 5.73 Å². The maximum atomic E-state index is 12.0. The SMILES string of the molecule is C[C@H](Sc1n[nH]c(N)n1)c1nc2ccccc2c(=O)[nH]1. The van der Waals surface area contributed by atoms with Gasteiger partial charge in [-0.1, -0.05) is 23.9 Å². The molecule has 0 unspecified atom stereocenters. The highest BCUT2D eigenvalue weighted by Crippen LogP contribution is 2.30. The Morgan fingerprint density at radius 1 is 1.30 bits per heavy atom. The molecule has 0 bridgehead atoms. The average Bonchev–Trinajstić information content (AvgIpc) is 2.84. The van der Waals surface area contributed by atoms with Crippen LogP contribution in [0.5, 0.6) is 0 Å². The number of nitrogens with one attached hydrogen (secondary N) is 2. The van der Waals surface area contributed by atoms with Crippen LogP contribution in [0.15, 0.2) is 34.2 Å². The number of nitrogens with two attached hydrogens (primary N) is 1. The fraction of sp³-hybridized carbons (Fsp3) is 0.167. The molecule has 0 fully saturated rings. The highest BCUT2D eigenvalue weighted by molar-refractivity contribution is 7.99. The summed E-state index contributed by atoms with van der Waals surface area (Å²) in [6.45, 7) is 1.92. The number of H-pyrrole nitrogens is 2. The molecule has 0 radical (unpaired) electrons. The van der Waals surface area contributed by atoms with Crippen LogP contribution in [0.25, 0.3) is 10.9 Å². The van der Waals surface area contributed by atoms with Crippen molar-refractivity contribution < 1.29 is 0 Å². The molecule has 0 saturated carbocycles. The summed E-state index contributed by atoms with van der Waals surface area (Å²) >= 11 is 1.37. The van der Waals surface area contributed by atoms with Crippen molar-refractivity contribution in [1.29, 1.82) is 0 Å². The quantitative estimate of drug-likeness (QED) is 0.629. The monoisotopic (exact) mass is 288 g/mol. The summed E-state index contributed by atoms with van der Waals surface area (Å²) in [6, 6.07) is 7.23. The molecule has 0 amide bonds. The number of nitrogen functional groups attached to an aromatic ring is 1. The van der Waals surface area contributed by atoms with Crippen LogP contribution in [-0.2, 0) is 0 Å². The van der Waals surface area contributed by atoms with Crippen molar-refractivity contribution in [3.05, 3.63) is 40.4 Å². The maximum Gasteiger partial charge on any atom is 0.258 e. The Morgan fingerprint density at radius 3 is 2.85 bits per heavy atom. The van der Waals surface area contributed by atoms with Crippen LogP contribution >= 0.6 is 11.8 Å². The van der Waals surface area contributed by atoms with Gasteiger partial charge in [0.25, 0.3) is 5.56 Å². The van der Waals surface area contributed by atoms with E-state index in [1.54, 1.807) is 6.07 Å². The first-order valence-corrected chi connectivity index (χ1v) is 6.85. The van der Waals surface area contributed by atoms with Gasteiger partial charge in [0.05, 0.1) is 16.2 Å². The molecule has 8 heteroatoms. The van der Waals surface area contributed by atoms with E-state index in [0.29, 0.717) is 21.9 Å². The fourth-order valence-corrected chi connectivity index (χ4v) is 2.61. The van der Waals surface area contributed by atoms with Gasteiger partial charge in [-0.15, -0.1) is 5.10 Å². The minimum absolute atomic E-state index is 0.0949. The topological polar surface area (TPSA) is 113 Å². The molecule has 1 atom stereocenters. The molecule has 3 rings (SSSR count). The van der Waals surface area contributed by atoms with Crippen molar-refractivity contribution in [3.8, 4) is 0 Å². The predicted molar refractivity (Wildman–Crippen MR) is 77.4 cm³/mol. The molecule has 2 aromatic heterocycles. The lowest BCUT2D eigenvalue weighted by atomic mass is 10.2. The summed E-state index contributed by atoms with van der Waals surface area (Å²) in [4.78, 5) is 23.3. The molecule has 20 heavy (non-hydrogen) atoms. The van der Waals surface area contributed by atoms with E-state index in [2.05, 4.69) is 25.1 Å². The molecule has 0 aliphatic heterocycles. The number of hydrogen-bond donors (Lipinski definition) is 3. The minimum atomic E-state index is -0.146. The number of rotatable bonds is 3. The van der Waals surface area contributed by atoms with Crippen molar-refractivity contribution >= 4 is 28.6 Å². The van der Waals surface area contributed by atoms with Crippen LogP contribution < -0.4 is 11.3 Å². The third-order valence-electron chi connectivity index (χ3n) is 2.78. The zero-order valence-corrected chi connectivity index (χ0v) is 11.4. The number of aromatic amines is 2. The number of nitrogens with zero attached hydrogens (tertiary/aromatic N) is 3. The number of hydrogen-bond acceptors (Lipinski definition) is 6. The second-order valence-electron chi connectivity index (χ2n) is 4.23. The first-order chi connectivity index (χ1) is 9.63. The number of fused-ring (bicyclic) bond motifs is 1. The second-order valence-corrected chi connectivity index (χ2v) is 5.54. The van der Waals surface area contributed by atoms with Gasteiger partial charge in [0, 0.05) is 0 Å². The van der Waals surface area contributed by atoms with Gasteiger partial charge in [-0.2, -0.15) is 4.98 Å². The van der Waals surface area contributed by atoms with Crippen LogP contribution in [0.2, 0.25) is 0 Å². The summed E-state index contributed by atoms with van der Waals surface area (Å²) in [5, 5.41) is 7.52. The van der Waals surface area contributed by atoms with Gasteiger partial charge in [0.2, 0.25) is 11.1 Å². The van der Waals surface area contributed by atoms with Gasteiger partial charge in [0.1, 0.15) is 5.82 Å². The number of para-hydroxylation sites is 1. The standard InChI is InChI=1S/C12H12N6OS/c1-6(20-12-16-11(13)17-18-12)9-14-8-5-3-2-4-7(8)10(19)15-9/h2-6H,1H3,(H,14,15,19)(H3,13,16,17,18)/t6-/m0/s1. The lowest BCUT2D eigenvalue weighted by Crippen LogP contribution is -2.12. The Morgan fingerprint density at radius 2 is 2.10 bits per heavy atom. The Labute approximate surface area is 118 Å². The molecule has 3 aromatic rings. The van der Waals surface area contributed by atoms with Crippen LogP contribution in [-0.4, -0.2) is 25.1 Å². The molecule has 102 valence electrons. The smallest absolute Gasteiger partial charge is 0.258 e. The Hall–Kier alpha value is -2.35. The first kappa shape index (κ1) is 12.7. The largest absolute Gasteiger partial charge is 0.368 e. The summed E-state index contributed by atoms with van der Waals surface area (Å²) in [7, 11) is 0. The fourth-order valence-electron chi connectivity index (χ4n) is 1.82. The highest BCUT2D eigenvalue weighted by atomic mass is 32.2. The van der Waals surface area contributed by atoms with Gasteiger partial charge in [-0.25, -0.2) is 10.1 Å². The number of anilines is 1. The minimum Gasteiger partial charge on any atom is -0.368 e. The van der Waals surface area contributed by atoms with Crippen LogP contribution in [0.3, 0.4) is 0 Å². The normalized spacial score (nSPS) is 12.7. The van der Waals surface area contributed by atoms with E-state index in [-0.39, 0.29) is 16.8 Å². The van der Waals surface area contributed by atoms with E-state index in [0.717, 1.165) is 0 Å². The summed E-state index contributed by atoms with van der Waals surface area (Å²) < 4.78 is 0. The summed E-state index contributed by atoms with van der Waals surface area (Å²) in [5.74, 6) is 0.849. The van der Waals surface area contributed by atoms with Crippen molar-refractivity contribution in [3.63, 3.8) is 0 Å². The summed E-state index contributed by atoms with van der Waals surface area (Å²) in [5.41, 5.74) is 6.00. The molecule has 2 heterocycles. The van der Waals surface area contributed by atoms with Gasteiger partial charge in [-0.05, 0) is 19.1 Å². The van der Waals surface area contributed by atoms with E-state index >= 15 is 0 Å². The van der Waals surface area contributed by atoms with E-state index in [1.807, 2.05) is 25.1 Å². The van der Waals surface area contributed by atoms with Crippen LogP contribution in [0.4, 0.5) is 5.95 Å². The molecule has 0 aliphatic rings. The van der Waals surface area contributed by atoms with Crippen LogP contribution in [0.1, 0.15) is 18.0 Å². The van der Waals surface area contributed by atoms with Gasteiger partial charge in [-0.3, -0.25) is 4.79 Å². The zero-order valence-electron chi connectivity index (χ0n) is 10.6. The lowest BCUT2D eigenvalue weighted by Gasteiger charge is -2.08. The Bertz CT molecular complexity index is 811. The molecule has 4 N–H and O–H groups in total. The number of thioether (sulfide) groups is 1. The Kier molecular flexibility index (Phi) is 3.15. The van der Waals surface area contributed by atoms with Crippen LogP contribution in [0, 0.1) is 0 Å².